The molecule has 1 aliphatic heterocycles. The summed E-state index contributed by atoms with van der Waals surface area (Å²) in [5, 5.41) is 3.47. The Kier molecular flexibility index (Phi) is 4.06. The van der Waals surface area contributed by atoms with Crippen molar-refractivity contribution in [1.82, 2.24) is 4.98 Å². The first-order valence-corrected chi connectivity index (χ1v) is 6.95. The first-order valence-electron chi connectivity index (χ1n) is 6.55. The monoisotopic (exact) mass is 279 g/mol. The van der Waals surface area contributed by atoms with Gasteiger partial charge in [0.25, 0.3) is 0 Å². The lowest BCUT2D eigenvalue weighted by Crippen LogP contribution is -2.40. The number of ether oxygens (including phenoxy) is 1. The van der Waals surface area contributed by atoms with Crippen LogP contribution in [-0.2, 0) is 4.74 Å². The molecule has 0 aromatic carbocycles. The van der Waals surface area contributed by atoms with Gasteiger partial charge in [0, 0.05) is 23.9 Å². The van der Waals surface area contributed by atoms with Crippen molar-refractivity contribution in [2.24, 2.45) is 5.73 Å². The van der Waals surface area contributed by atoms with E-state index in [0.29, 0.717) is 11.0 Å². The Labute approximate surface area is 119 Å². The standard InChI is InChI=1S/C14H21N3OS/c1-9-6-10(13(15)19)7-12(16-9)17-11-4-5-18-14(2,3)8-11/h6-7,11H,4-5,8H2,1-3H3,(H2,15,19)(H,16,17). The summed E-state index contributed by atoms with van der Waals surface area (Å²) < 4.78 is 5.72. The predicted octanol–water partition coefficient (Wildman–Crippen LogP) is 2.39. The number of anilines is 1. The van der Waals surface area contributed by atoms with Gasteiger partial charge in [-0.3, -0.25) is 0 Å². The van der Waals surface area contributed by atoms with Gasteiger partial charge in [0.15, 0.2) is 0 Å². The highest BCUT2D eigenvalue weighted by Crippen LogP contribution is 2.26. The molecule has 2 heterocycles. The lowest BCUT2D eigenvalue weighted by atomic mass is 9.94. The Hall–Kier alpha value is -1.20. The third kappa shape index (κ3) is 3.88. The second-order valence-electron chi connectivity index (χ2n) is 5.69. The number of aryl methyl sites for hydroxylation is 1. The van der Waals surface area contributed by atoms with Gasteiger partial charge in [0.1, 0.15) is 10.8 Å². The van der Waals surface area contributed by atoms with Crippen molar-refractivity contribution in [2.75, 3.05) is 11.9 Å². The molecule has 1 unspecified atom stereocenters. The molecular weight excluding hydrogens is 258 g/mol. The number of nitrogens with two attached hydrogens (primary N) is 1. The van der Waals surface area contributed by atoms with Crippen LogP contribution >= 0.6 is 12.2 Å². The SMILES string of the molecule is Cc1cc(C(N)=S)cc(NC2CCOC(C)(C)C2)n1. The Bertz CT molecular complexity index is 488. The van der Waals surface area contributed by atoms with E-state index in [1.807, 2.05) is 19.1 Å². The Morgan fingerprint density at radius 1 is 1.53 bits per heavy atom. The van der Waals surface area contributed by atoms with E-state index in [9.17, 15) is 0 Å². The molecule has 1 aromatic rings. The Balaban J connectivity index is 2.12. The Morgan fingerprint density at radius 3 is 2.89 bits per heavy atom. The number of nitrogens with one attached hydrogen (secondary N) is 1. The molecule has 0 spiro atoms. The summed E-state index contributed by atoms with van der Waals surface area (Å²) in [6, 6.07) is 4.19. The van der Waals surface area contributed by atoms with Crippen LogP contribution < -0.4 is 11.1 Å². The second-order valence-corrected chi connectivity index (χ2v) is 6.13. The molecule has 0 amide bonds. The van der Waals surface area contributed by atoms with Crippen molar-refractivity contribution in [3.63, 3.8) is 0 Å². The molecule has 1 fully saturated rings. The summed E-state index contributed by atoms with van der Waals surface area (Å²) >= 11 is 5.02. The lowest BCUT2D eigenvalue weighted by molar-refractivity contribution is -0.0553. The van der Waals surface area contributed by atoms with Crippen molar-refractivity contribution in [3.05, 3.63) is 23.4 Å². The summed E-state index contributed by atoms with van der Waals surface area (Å²) in [5.74, 6) is 0.838. The smallest absolute Gasteiger partial charge is 0.127 e. The van der Waals surface area contributed by atoms with Gasteiger partial charge in [-0.1, -0.05) is 12.2 Å². The van der Waals surface area contributed by atoms with Gasteiger partial charge in [-0.15, -0.1) is 0 Å². The van der Waals surface area contributed by atoms with Crippen LogP contribution in [0.3, 0.4) is 0 Å². The Morgan fingerprint density at radius 2 is 2.26 bits per heavy atom. The molecule has 2 rings (SSSR count). The summed E-state index contributed by atoms with van der Waals surface area (Å²) in [4.78, 5) is 4.89. The fourth-order valence-corrected chi connectivity index (χ4v) is 2.57. The molecule has 3 N–H and O–H groups in total. The normalized spacial score (nSPS) is 21.9. The molecular formula is C14H21N3OS. The molecule has 104 valence electrons. The van der Waals surface area contributed by atoms with E-state index in [2.05, 4.69) is 24.1 Å². The van der Waals surface area contributed by atoms with Crippen molar-refractivity contribution in [1.29, 1.82) is 0 Å². The maximum Gasteiger partial charge on any atom is 0.127 e. The first-order chi connectivity index (χ1) is 8.85. The second kappa shape index (κ2) is 5.43. The fraction of sp³-hybridized carbons (Fsp3) is 0.571. The minimum Gasteiger partial charge on any atom is -0.389 e. The molecule has 0 aliphatic carbocycles. The van der Waals surface area contributed by atoms with Crippen molar-refractivity contribution >= 4 is 23.0 Å². The van der Waals surface area contributed by atoms with Gasteiger partial charge in [-0.05, 0) is 45.7 Å². The fourth-order valence-electron chi connectivity index (χ4n) is 2.45. The van der Waals surface area contributed by atoms with Crippen LogP contribution in [0.25, 0.3) is 0 Å². The third-order valence-electron chi connectivity index (χ3n) is 3.29. The number of thiocarbonyl (C=S) groups is 1. The molecule has 0 radical (unpaired) electrons. The third-order valence-corrected chi connectivity index (χ3v) is 3.52. The number of pyridine rings is 1. The predicted molar refractivity (Wildman–Crippen MR) is 81.5 cm³/mol. The van der Waals surface area contributed by atoms with Crippen LogP contribution in [-0.4, -0.2) is 28.2 Å². The van der Waals surface area contributed by atoms with E-state index in [1.54, 1.807) is 0 Å². The number of nitrogens with zero attached hydrogens (tertiary/aromatic N) is 1. The van der Waals surface area contributed by atoms with Crippen LogP contribution in [0.4, 0.5) is 5.82 Å². The molecule has 1 aliphatic rings. The average molecular weight is 279 g/mol. The van der Waals surface area contributed by atoms with Gasteiger partial charge < -0.3 is 15.8 Å². The zero-order valence-electron chi connectivity index (χ0n) is 11.7. The van der Waals surface area contributed by atoms with E-state index < -0.39 is 0 Å². The van der Waals surface area contributed by atoms with E-state index >= 15 is 0 Å². The van der Waals surface area contributed by atoms with E-state index in [-0.39, 0.29) is 5.60 Å². The largest absolute Gasteiger partial charge is 0.389 e. The number of aromatic nitrogens is 1. The molecule has 5 heteroatoms. The number of rotatable bonds is 3. The zero-order valence-corrected chi connectivity index (χ0v) is 12.5. The molecule has 1 aromatic heterocycles. The van der Waals surface area contributed by atoms with Crippen molar-refractivity contribution < 1.29 is 4.74 Å². The highest BCUT2D eigenvalue weighted by Gasteiger charge is 2.28. The maximum atomic E-state index is 5.72. The maximum absolute atomic E-state index is 5.72. The van der Waals surface area contributed by atoms with Crippen LogP contribution in [0.2, 0.25) is 0 Å². The van der Waals surface area contributed by atoms with Crippen molar-refractivity contribution in [3.8, 4) is 0 Å². The molecule has 0 saturated carbocycles. The lowest BCUT2D eigenvalue weighted by Gasteiger charge is -2.36. The number of hydrogen-bond donors (Lipinski definition) is 2. The summed E-state index contributed by atoms with van der Waals surface area (Å²) in [6.45, 7) is 6.95. The molecule has 4 nitrogen and oxygen atoms in total. The number of hydrogen-bond acceptors (Lipinski definition) is 4. The van der Waals surface area contributed by atoms with Crippen LogP contribution in [0.1, 0.15) is 37.9 Å². The minimum absolute atomic E-state index is 0.0776. The van der Waals surface area contributed by atoms with E-state index in [4.69, 9.17) is 22.7 Å². The molecule has 1 saturated heterocycles. The summed E-state index contributed by atoms with van der Waals surface area (Å²) in [7, 11) is 0. The highest BCUT2D eigenvalue weighted by molar-refractivity contribution is 7.80. The van der Waals surface area contributed by atoms with Gasteiger partial charge in [-0.25, -0.2) is 4.98 Å². The topological polar surface area (TPSA) is 60.2 Å². The molecule has 0 bridgehead atoms. The summed E-state index contributed by atoms with van der Waals surface area (Å²) in [5.41, 5.74) is 7.38. The van der Waals surface area contributed by atoms with Crippen molar-refractivity contribution in [2.45, 2.75) is 45.3 Å². The first kappa shape index (κ1) is 14.2. The van der Waals surface area contributed by atoms with Crippen LogP contribution in [0.15, 0.2) is 12.1 Å². The highest BCUT2D eigenvalue weighted by atomic mass is 32.1. The van der Waals surface area contributed by atoms with Gasteiger partial charge in [0.2, 0.25) is 0 Å². The van der Waals surface area contributed by atoms with Crippen LogP contribution in [0.5, 0.6) is 0 Å². The molecule has 19 heavy (non-hydrogen) atoms. The zero-order chi connectivity index (χ0) is 14.0. The van der Waals surface area contributed by atoms with Gasteiger partial charge in [0.05, 0.1) is 5.60 Å². The molecule has 1 atom stereocenters. The van der Waals surface area contributed by atoms with E-state index in [1.165, 1.54) is 0 Å². The van der Waals surface area contributed by atoms with Gasteiger partial charge in [-0.2, -0.15) is 0 Å². The average Bonchev–Trinajstić information content (AvgIpc) is 2.26. The van der Waals surface area contributed by atoms with Crippen LogP contribution in [0, 0.1) is 6.92 Å². The van der Waals surface area contributed by atoms with Gasteiger partial charge >= 0.3 is 0 Å². The quantitative estimate of drug-likeness (QED) is 0.832. The minimum atomic E-state index is -0.0776. The summed E-state index contributed by atoms with van der Waals surface area (Å²) in [6.07, 6.45) is 1.95. The van der Waals surface area contributed by atoms with E-state index in [0.717, 1.165) is 36.5 Å².